The van der Waals surface area contributed by atoms with Crippen molar-refractivity contribution in [3.05, 3.63) is 47.2 Å². The highest BCUT2D eigenvalue weighted by molar-refractivity contribution is 6.21. The maximum Gasteiger partial charge on any atom is 0.280 e. The van der Waals surface area contributed by atoms with Crippen molar-refractivity contribution in [2.24, 2.45) is 0 Å². The van der Waals surface area contributed by atoms with Crippen molar-refractivity contribution in [1.82, 2.24) is 10.4 Å². The molecule has 1 N–H and O–H groups in total. The minimum atomic E-state index is -0.270. The van der Waals surface area contributed by atoms with Gasteiger partial charge in [0.1, 0.15) is 0 Å². The lowest BCUT2D eigenvalue weighted by Crippen LogP contribution is -2.39. The molecule has 0 bridgehead atoms. The van der Waals surface area contributed by atoms with Gasteiger partial charge in [-0.15, -0.1) is 0 Å². The number of fused-ring (bicyclic) bond motifs is 1. The first-order valence-corrected chi connectivity index (χ1v) is 6.69. The number of carbonyl (C=O) groups is 2. The molecule has 98 valence electrons. The van der Waals surface area contributed by atoms with Crippen LogP contribution in [0, 0.1) is 0 Å². The second-order valence-corrected chi connectivity index (χ2v) is 4.98. The van der Waals surface area contributed by atoms with Gasteiger partial charge in [-0.2, -0.15) is 5.01 Å². The van der Waals surface area contributed by atoms with Gasteiger partial charge in [0.15, 0.2) is 0 Å². The molecule has 1 aromatic rings. The quantitative estimate of drug-likeness (QED) is 0.827. The highest BCUT2D eigenvalue weighted by Crippen LogP contribution is 2.23. The van der Waals surface area contributed by atoms with Crippen LogP contribution in [0.15, 0.2) is 36.0 Å². The topological polar surface area (TPSA) is 49.4 Å². The lowest BCUT2D eigenvalue weighted by molar-refractivity contribution is 0.0598. The zero-order valence-electron chi connectivity index (χ0n) is 10.7. The summed E-state index contributed by atoms with van der Waals surface area (Å²) in [5.41, 5.74) is 5.10. The van der Waals surface area contributed by atoms with Crippen LogP contribution in [0.4, 0.5) is 0 Å². The number of benzene rings is 1. The summed E-state index contributed by atoms with van der Waals surface area (Å²) in [6.45, 7) is 0. The zero-order valence-corrected chi connectivity index (χ0v) is 10.7. The second kappa shape index (κ2) is 4.88. The monoisotopic (exact) mass is 256 g/mol. The molecule has 19 heavy (non-hydrogen) atoms. The third-order valence-corrected chi connectivity index (χ3v) is 3.69. The van der Waals surface area contributed by atoms with E-state index in [2.05, 4.69) is 5.43 Å². The smallest absolute Gasteiger partial charge is 0.280 e. The van der Waals surface area contributed by atoms with Crippen molar-refractivity contribution in [1.29, 1.82) is 0 Å². The number of hydrogen-bond donors (Lipinski definition) is 1. The van der Waals surface area contributed by atoms with Crippen LogP contribution in [0.25, 0.3) is 0 Å². The number of amides is 2. The Hall–Kier alpha value is -2.10. The molecule has 0 spiro atoms. The Morgan fingerprint density at radius 2 is 1.53 bits per heavy atom. The maximum absolute atomic E-state index is 12.1. The molecule has 2 aliphatic rings. The van der Waals surface area contributed by atoms with E-state index in [1.807, 2.05) is 6.20 Å². The molecule has 1 aliphatic carbocycles. The Balaban J connectivity index is 1.77. The second-order valence-electron chi connectivity index (χ2n) is 4.98. The van der Waals surface area contributed by atoms with Gasteiger partial charge in [0.2, 0.25) is 0 Å². The molecule has 1 fully saturated rings. The molecule has 0 unspecified atom stereocenters. The van der Waals surface area contributed by atoms with Crippen LogP contribution in [-0.2, 0) is 0 Å². The predicted molar refractivity (Wildman–Crippen MR) is 71.2 cm³/mol. The molecule has 4 heteroatoms. The molecule has 1 heterocycles. The lowest BCUT2D eigenvalue weighted by atomic mass is 9.96. The van der Waals surface area contributed by atoms with Crippen LogP contribution in [0.1, 0.15) is 52.8 Å². The van der Waals surface area contributed by atoms with Gasteiger partial charge in [-0.05, 0) is 37.8 Å². The summed E-state index contributed by atoms with van der Waals surface area (Å²) in [5.74, 6) is -0.540. The molecule has 1 aromatic carbocycles. The van der Waals surface area contributed by atoms with Crippen molar-refractivity contribution in [3.8, 4) is 0 Å². The maximum atomic E-state index is 12.1. The van der Waals surface area contributed by atoms with E-state index >= 15 is 0 Å². The van der Waals surface area contributed by atoms with Gasteiger partial charge in [-0.3, -0.25) is 15.0 Å². The number of rotatable bonds is 2. The first-order valence-electron chi connectivity index (χ1n) is 6.69. The van der Waals surface area contributed by atoms with Gasteiger partial charge in [0.05, 0.1) is 11.1 Å². The van der Waals surface area contributed by atoms with Crippen molar-refractivity contribution in [2.45, 2.75) is 32.1 Å². The number of carbonyl (C=O) groups excluding carboxylic acids is 2. The van der Waals surface area contributed by atoms with Crippen LogP contribution >= 0.6 is 0 Å². The van der Waals surface area contributed by atoms with Crippen molar-refractivity contribution < 1.29 is 9.59 Å². The van der Waals surface area contributed by atoms with Crippen LogP contribution < -0.4 is 5.43 Å². The summed E-state index contributed by atoms with van der Waals surface area (Å²) >= 11 is 0. The van der Waals surface area contributed by atoms with E-state index in [-0.39, 0.29) is 11.8 Å². The molecule has 2 amide bonds. The van der Waals surface area contributed by atoms with Gasteiger partial charge in [0, 0.05) is 6.20 Å². The van der Waals surface area contributed by atoms with E-state index in [0.717, 1.165) is 17.9 Å². The Labute approximate surface area is 112 Å². The normalized spacial score (nSPS) is 18.5. The predicted octanol–water partition coefficient (Wildman–Crippen LogP) is 2.64. The first-order chi connectivity index (χ1) is 9.27. The Morgan fingerprint density at radius 1 is 0.947 bits per heavy atom. The number of nitrogens with zero attached hydrogens (tertiary/aromatic N) is 1. The molecule has 4 nitrogen and oxygen atoms in total. The Morgan fingerprint density at radius 3 is 2.11 bits per heavy atom. The third-order valence-electron chi connectivity index (χ3n) is 3.69. The van der Waals surface area contributed by atoms with E-state index in [9.17, 15) is 9.59 Å². The first kappa shape index (κ1) is 12.0. The fourth-order valence-corrected chi connectivity index (χ4v) is 2.61. The molecular formula is C15H16N2O2. The number of nitrogens with one attached hydrogen (secondary N) is 1. The standard InChI is InChI=1S/C15H16N2O2/c18-14-12-8-4-5-9-13(12)15(19)17(14)16-10-11-6-2-1-3-7-11/h4-5,8-10,16H,1-3,6-7H2. The average Bonchev–Trinajstić information content (AvgIpc) is 2.71. The van der Waals surface area contributed by atoms with Crippen molar-refractivity contribution in [3.63, 3.8) is 0 Å². The van der Waals surface area contributed by atoms with Crippen LogP contribution in [0.5, 0.6) is 0 Å². The molecule has 0 radical (unpaired) electrons. The summed E-state index contributed by atoms with van der Waals surface area (Å²) in [4.78, 5) is 24.2. The largest absolute Gasteiger partial charge is 0.296 e. The average molecular weight is 256 g/mol. The number of hydrazine groups is 1. The van der Waals surface area contributed by atoms with Crippen LogP contribution in [0.3, 0.4) is 0 Å². The molecule has 0 atom stereocenters. The molecule has 0 saturated heterocycles. The van der Waals surface area contributed by atoms with E-state index in [1.54, 1.807) is 24.3 Å². The van der Waals surface area contributed by atoms with Gasteiger partial charge < -0.3 is 0 Å². The molecule has 1 aliphatic heterocycles. The molecular weight excluding hydrogens is 240 g/mol. The minimum absolute atomic E-state index is 0.270. The molecule has 0 aromatic heterocycles. The Bertz CT molecular complexity index is 520. The summed E-state index contributed by atoms with van der Waals surface area (Å²) in [5, 5.41) is 1.10. The summed E-state index contributed by atoms with van der Waals surface area (Å²) in [6.07, 6.45) is 7.57. The summed E-state index contributed by atoms with van der Waals surface area (Å²) in [7, 11) is 0. The summed E-state index contributed by atoms with van der Waals surface area (Å²) < 4.78 is 0. The van der Waals surface area contributed by atoms with E-state index < -0.39 is 0 Å². The molecule has 3 rings (SSSR count). The number of hydrogen-bond acceptors (Lipinski definition) is 3. The van der Waals surface area contributed by atoms with E-state index in [0.29, 0.717) is 11.1 Å². The minimum Gasteiger partial charge on any atom is -0.296 e. The number of allylic oxidation sites excluding steroid dienone is 1. The van der Waals surface area contributed by atoms with Crippen LogP contribution in [0.2, 0.25) is 0 Å². The van der Waals surface area contributed by atoms with E-state index in [1.165, 1.54) is 24.8 Å². The van der Waals surface area contributed by atoms with E-state index in [4.69, 9.17) is 0 Å². The fraction of sp³-hybridized carbons (Fsp3) is 0.333. The van der Waals surface area contributed by atoms with Crippen molar-refractivity contribution >= 4 is 11.8 Å². The summed E-state index contributed by atoms with van der Waals surface area (Å²) in [6, 6.07) is 6.91. The SMILES string of the molecule is O=C1c2ccccc2C(=O)N1NC=C1CCCCC1. The van der Waals surface area contributed by atoms with Crippen molar-refractivity contribution in [2.75, 3.05) is 0 Å². The Kier molecular flexibility index (Phi) is 3.07. The van der Waals surface area contributed by atoms with Gasteiger partial charge in [0.25, 0.3) is 11.8 Å². The highest BCUT2D eigenvalue weighted by atomic mass is 16.2. The highest BCUT2D eigenvalue weighted by Gasteiger charge is 2.34. The fourth-order valence-electron chi connectivity index (χ4n) is 2.61. The zero-order chi connectivity index (χ0) is 13.2. The van der Waals surface area contributed by atoms with Gasteiger partial charge in [-0.1, -0.05) is 24.1 Å². The van der Waals surface area contributed by atoms with Gasteiger partial charge in [-0.25, -0.2) is 0 Å². The van der Waals surface area contributed by atoms with Gasteiger partial charge >= 0.3 is 0 Å². The van der Waals surface area contributed by atoms with Crippen LogP contribution in [-0.4, -0.2) is 16.8 Å². The lowest BCUT2D eigenvalue weighted by Gasteiger charge is -2.17. The number of imide groups is 1. The third kappa shape index (κ3) is 2.14. The molecule has 1 saturated carbocycles.